The number of amides is 3. The largest absolute Gasteiger partial charge is 0.507 e. The zero-order valence-corrected chi connectivity index (χ0v) is 30.0. The predicted octanol–water partition coefficient (Wildman–Crippen LogP) is 6.65. The van der Waals surface area contributed by atoms with Gasteiger partial charge in [-0.15, -0.1) is 0 Å². The average molecular weight is 736 g/mol. The van der Waals surface area contributed by atoms with Gasteiger partial charge in [0, 0.05) is 45.1 Å². The third-order valence-corrected chi connectivity index (χ3v) is 9.58. The van der Waals surface area contributed by atoms with Crippen LogP contribution in [-0.2, 0) is 19.1 Å². The van der Waals surface area contributed by atoms with Crippen molar-refractivity contribution in [2.75, 3.05) is 43.2 Å². The van der Waals surface area contributed by atoms with Gasteiger partial charge in [0.2, 0.25) is 5.91 Å². The number of carboxylic acids is 1. The van der Waals surface area contributed by atoms with Crippen LogP contribution in [0, 0.1) is 5.92 Å². The van der Waals surface area contributed by atoms with Crippen molar-refractivity contribution in [2.24, 2.45) is 5.92 Å². The fourth-order valence-corrected chi connectivity index (χ4v) is 6.95. The third kappa shape index (κ3) is 8.07. The molecule has 53 heavy (non-hydrogen) atoms. The zero-order valence-electron chi connectivity index (χ0n) is 30.0. The number of hydrogen-bond acceptors (Lipinski definition) is 8. The van der Waals surface area contributed by atoms with Gasteiger partial charge in [0.15, 0.2) is 5.75 Å². The van der Waals surface area contributed by atoms with Crippen molar-refractivity contribution in [1.82, 2.24) is 4.90 Å². The average Bonchev–Trinajstić information content (AvgIpc) is 3.94. The Morgan fingerprint density at radius 3 is 2.43 bits per heavy atom. The van der Waals surface area contributed by atoms with Crippen LogP contribution in [-0.4, -0.2) is 90.1 Å². The van der Waals surface area contributed by atoms with Gasteiger partial charge in [-0.2, -0.15) is 8.78 Å². The first-order valence-corrected chi connectivity index (χ1v) is 17.6. The Labute approximate surface area is 305 Å². The van der Waals surface area contributed by atoms with Crippen LogP contribution in [0.4, 0.5) is 25.0 Å². The summed E-state index contributed by atoms with van der Waals surface area (Å²) in [7, 11) is 1.47. The maximum absolute atomic E-state index is 15.0. The summed E-state index contributed by atoms with van der Waals surface area (Å²) in [4.78, 5) is 57.0. The molecule has 2 fully saturated rings. The van der Waals surface area contributed by atoms with E-state index < -0.39 is 35.6 Å². The molecule has 2 N–H and O–H groups in total. The molecule has 2 atom stereocenters. The smallest absolute Gasteiger partial charge is 0.482 e. The number of carbonyl (C=O) groups excluding carboxylic acids is 3. The van der Waals surface area contributed by atoms with Gasteiger partial charge in [-0.05, 0) is 99.4 Å². The van der Waals surface area contributed by atoms with Crippen LogP contribution in [0.1, 0.15) is 68.3 Å². The molecule has 2 aliphatic heterocycles. The molecule has 2 heterocycles. The Morgan fingerprint density at radius 1 is 1.02 bits per heavy atom. The fourth-order valence-electron chi connectivity index (χ4n) is 6.95. The highest BCUT2D eigenvalue weighted by molar-refractivity contribution is 6.03. The number of halogens is 2. The number of rotatable bonds is 10. The Bertz CT molecular complexity index is 1910. The van der Waals surface area contributed by atoms with Crippen molar-refractivity contribution in [3.05, 3.63) is 71.8 Å². The van der Waals surface area contributed by atoms with Crippen molar-refractivity contribution in [1.29, 1.82) is 0 Å². The van der Waals surface area contributed by atoms with E-state index in [-0.39, 0.29) is 60.3 Å². The van der Waals surface area contributed by atoms with Crippen LogP contribution in [0.25, 0.3) is 11.1 Å². The molecule has 282 valence electrons. The van der Waals surface area contributed by atoms with E-state index in [9.17, 15) is 38.2 Å². The number of likely N-dealkylation sites (tertiary alicyclic amines) is 1. The number of piperidine rings is 1. The van der Waals surface area contributed by atoms with Gasteiger partial charge in [0.1, 0.15) is 16.9 Å². The molecule has 0 unspecified atom stereocenters. The lowest BCUT2D eigenvalue weighted by atomic mass is 9.78. The number of benzene rings is 3. The lowest BCUT2D eigenvalue weighted by Gasteiger charge is -2.41. The van der Waals surface area contributed by atoms with Gasteiger partial charge in [-0.3, -0.25) is 9.59 Å². The molecule has 6 rings (SSSR count). The molecule has 0 radical (unpaired) electrons. The minimum absolute atomic E-state index is 0.0378. The van der Waals surface area contributed by atoms with E-state index in [0.717, 1.165) is 10.5 Å². The van der Waals surface area contributed by atoms with Crippen molar-refractivity contribution in [3.63, 3.8) is 0 Å². The van der Waals surface area contributed by atoms with Crippen LogP contribution >= 0.6 is 0 Å². The highest BCUT2D eigenvalue weighted by Crippen LogP contribution is 2.45. The Kier molecular flexibility index (Phi) is 10.4. The molecule has 0 aromatic heterocycles. The maximum Gasteiger partial charge on any atom is 0.482 e. The highest BCUT2D eigenvalue weighted by Gasteiger charge is 2.51. The maximum atomic E-state index is 15.0. The number of fused-ring (bicyclic) bond motifs is 1. The minimum Gasteiger partial charge on any atom is -0.507 e. The normalized spacial score (nSPS) is 19.6. The predicted molar refractivity (Wildman–Crippen MR) is 191 cm³/mol. The van der Waals surface area contributed by atoms with Crippen LogP contribution in [0.2, 0.25) is 0 Å². The molecule has 3 aliphatic rings. The number of carboxylic acid groups (broad SMARTS) is 1. The summed E-state index contributed by atoms with van der Waals surface area (Å²) in [6.07, 6.45) is -2.52. The van der Waals surface area contributed by atoms with Crippen LogP contribution in [0.3, 0.4) is 0 Å². The van der Waals surface area contributed by atoms with E-state index in [1.54, 1.807) is 31.7 Å². The highest BCUT2D eigenvalue weighted by atomic mass is 19.3. The van der Waals surface area contributed by atoms with Crippen LogP contribution in [0.5, 0.6) is 11.5 Å². The second kappa shape index (κ2) is 14.6. The Morgan fingerprint density at radius 2 is 1.75 bits per heavy atom. The number of alkyl halides is 2. The van der Waals surface area contributed by atoms with E-state index in [0.29, 0.717) is 49.0 Å². The first-order valence-electron chi connectivity index (χ1n) is 17.6. The lowest BCUT2D eigenvalue weighted by molar-refractivity contribution is -0.192. The summed E-state index contributed by atoms with van der Waals surface area (Å²) in [5.74, 6) is -4.76. The summed E-state index contributed by atoms with van der Waals surface area (Å²) < 4.78 is 44.9. The number of phenols is 1. The van der Waals surface area contributed by atoms with E-state index in [2.05, 4.69) is 0 Å². The van der Waals surface area contributed by atoms with Crippen molar-refractivity contribution in [2.45, 2.75) is 70.1 Å². The van der Waals surface area contributed by atoms with Crippen molar-refractivity contribution in [3.8, 4) is 22.6 Å². The standard InChI is InChI=1S/C39H43F2N3O9/c1-38(2,3)53-37(50)42-17-15-28(25-8-5-7-23(19-25)24-9-13-32(45)29(20-24)35(47)48)30(22-42)34(46)44(26-10-11-26)27-12-14-33-31(21-27)43(16-6-18-51-4)36(49)39(40,41)52-33/h5,7-9,12-14,19-21,26,28,30,45H,6,10-11,15-18,22H2,1-4H3,(H,47,48)/t28-,30+/m1/s1. The molecule has 1 saturated carbocycles. The quantitative estimate of drug-likeness (QED) is 0.219. The van der Waals surface area contributed by atoms with Gasteiger partial charge >= 0.3 is 24.1 Å². The molecule has 0 bridgehead atoms. The number of methoxy groups -OCH3 is 1. The van der Waals surface area contributed by atoms with Crippen LogP contribution in [0.15, 0.2) is 60.7 Å². The summed E-state index contributed by atoms with van der Waals surface area (Å²) >= 11 is 0. The molecule has 3 aromatic rings. The monoisotopic (exact) mass is 735 g/mol. The second-order valence-corrected chi connectivity index (χ2v) is 14.6. The summed E-state index contributed by atoms with van der Waals surface area (Å²) in [5, 5.41) is 19.7. The molecule has 12 nitrogen and oxygen atoms in total. The number of ether oxygens (including phenoxy) is 3. The first-order chi connectivity index (χ1) is 25.1. The summed E-state index contributed by atoms with van der Waals surface area (Å²) in [6, 6.07) is 15.9. The summed E-state index contributed by atoms with van der Waals surface area (Å²) in [6.45, 7) is 5.82. The first kappa shape index (κ1) is 37.5. The molecule has 1 saturated heterocycles. The van der Waals surface area contributed by atoms with Gasteiger partial charge < -0.3 is 39.1 Å². The Hall–Kier alpha value is -5.24. The second-order valence-electron chi connectivity index (χ2n) is 14.6. The molecular formula is C39H43F2N3O9. The van der Waals surface area contributed by atoms with Crippen LogP contribution < -0.4 is 14.5 Å². The van der Waals surface area contributed by atoms with Gasteiger partial charge in [-0.1, -0.05) is 30.3 Å². The zero-order chi connectivity index (χ0) is 38.2. The SMILES string of the molecule is COCCCN1C(=O)C(F)(F)Oc2ccc(N(C(=O)[C@H]3CN(C(=O)OC(C)(C)C)CC[C@@H]3c3cccc(-c4ccc(O)c(C(=O)O)c4)c3)C3CC3)cc21. The number of aromatic carboxylic acids is 1. The molecule has 3 aromatic carbocycles. The minimum atomic E-state index is -4.06. The van der Waals surface area contributed by atoms with Crippen molar-refractivity contribution >= 4 is 35.3 Å². The number of carbonyl (C=O) groups is 4. The number of hydrogen-bond donors (Lipinski definition) is 2. The van der Waals surface area contributed by atoms with Gasteiger partial charge in [0.05, 0.1) is 11.6 Å². The van der Waals surface area contributed by atoms with Crippen molar-refractivity contribution < 1.29 is 52.4 Å². The molecule has 1 aliphatic carbocycles. The number of aromatic hydroxyl groups is 1. The molecule has 14 heteroatoms. The molecule has 0 spiro atoms. The summed E-state index contributed by atoms with van der Waals surface area (Å²) in [5.41, 5.74) is 1.53. The number of nitrogens with zero attached hydrogens (tertiary/aromatic N) is 3. The molecular weight excluding hydrogens is 692 g/mol. The van der Waals surface area contributed by atoms with E-state index in [4.69, 9.17) is 14.2 Å². The molecule has 3 amide bonds. The van der Waals surface area contributed by atoms with Gasteiger partial charge in [0.25, 0.3) is 0 Å². The third-order valence-electron chi connectivity index (χ3n) is 9.58. The van der Waals surface area contributed by atoms with E-state index >= 15 is 0 Å². The lowest BCUT2D eigenvalue weighted by Crippen LogP contribution is -2.52. The fraction of sp³-hybridized carbons (Fsp3) is 0.436. The number of anilines is 2. The van der Waals surface area contributed by atoms with E-state index in [1.807, 2.05) is 24.3 Å². The van der Waals surface area contributed by atoms with E-state index in [1.165, 1.54) is 42.3 Å². The van der Waals surface area contributed by atoms with Gasteiger partial charge in [-0.25, -0.2) is 9.59 Å². The Balaban J connectivity index is 1.38. The topological polar surface area (TPSA) is 146 Å².